The first-order chi connectivity index (χ1) is 11.5. The van der Waals surface area contributed by atoms with Crippen molar-refractivity contribution in [2.24, 2.45) is 0 Å². The van der Waals surface area contributed by atoms with Gasteiger partial charge in [-0.25, -0.2) is 22.8 Å². The molecule has 1 aliphatic rings. The van der Waals surface area contributed by atoms with Crippen molar-refractivity contribution < 1.29 is 17.5 Å². The van der Waals surface area contributed by atoms with Crippen molar-refractivity contribution in [2.75, 3.05) is 13.1 Å². The van der Waals surface area contributed by atoms with Crippen molar-refractivity contribution in [1.29, 1.82) is 0 Å². The second kappa shape index (κ2) is 7.00. The molecule has 0 N–H and O–H groups in total. The summed E-state index contributed by atoms with van der Waals surface area (Å²) >= 11 is 5.70. The number of hydrogen-bond acceptors (Lipinski definition) is 5. The highest BCUT2D eigenvalue weighted by molar-refractivity contribution is 7.89. The maximum absolute atomic E-state index is 13.3. The lowest BCUT2D eigenvalue weighted by Crippen LogP contribution is -2.44. The van der Waals surface area contributed by atoms with Gasteiger partial charge in [0.2, 0.25) is 10.0 Å². The summed E-state index contributed by atoms with van der Waals surface area (Å²) in [6.07, 6.45) is 4.12. The van der Waals surface area contributed by atoms with Crippen molar-refractivity contribution in [3.8, 4) is 6.01 Å². The number of rotatable bonds is 4. The second-order valence-corrected chi connectivity index (χ2v) is 7.70. The molecule has 128 valence electrons. The summed E-state index contributed by atoms with van der Waals surface area (Å²) in [6, 6.07) is 5.26. The zero-order valence-corrected chi connectivity index (χ0v) is 14.2. The predicted molar refractivity (Wildman–Crippen MR) is 85.9 cm³/mol. The van der Waals surface area contributed by atoms with Crippen molar-refractivity contribution in [1.82, 2.24) is 14.3 Å². The van der Waals surface area contributed by atoms with E-state index in [1.54, 1.807) is 18.5 Å². The summed E-state index contributed by atoms with van der Waals surface area (Å²) in [4.78, 5) is 7.92. The highest BCUT2D eigenvalue weighted by Crippen LogP contribution is 2.25. The van der Waals surface area contributed by atoms with Gasteiger partial charge in [0.15, 0.2) is 0 Å². The fourth-order valence-electron chi connectivity index (χ4n) is 2.50. The van der Waals surface area contributed by atoms with Crippen LogP contribution in [0.2, 0.25) is 5.02 Å². The number of nitrogens with zero attached hydrogens (tertiary/aromatic N) is 3. The molecule has 0 radical (unpaired) electrons. The third-order valence-corrected chi connectivity index (χ3v) is 5.83. The topological polar surface area (TPSA) is 72.4 Å². The fourth-order valence-corrected chi connectivity index (χ4v) is 4.28. The Kier molecular flexibility index (Phi) is 4.98. The molecular formula is C15H15ClFN3O3S. The van der Waals surface area contributed by atoms with Crippen LogP contribution in [-0.4, -0.2) is 41.9 Å². The minimum absolute atomic E-state index is 0.0366. The summed E-state index contributed by atoms with van der Waals surface area (Å²) in [6.45, 7) is 0.544. The number of sulfonamides is 1. The summed E-state index contributed by atoms with van der Waals surface area (Å²) in [5.41, 5.74) is 0. The van der Waals surface area contributed by atoms with Crippen LogP contribution in [0.15, 0.2) is 41.6 Å². The first kappa shape index (κ1) is 17.1. The van der Waals surface area contributed by atoms with Crippen LogP contribution in [0.4, 0.5) is 4.39 Å². The molecule has 2 heterocycles. The molecule has 2 aromatic rings. The minimum Gasteiger partial charge on any atom is -0.459 e. The molecule has 1 aromatic heterocycles. The zero-order valence-electron chi connectivity index (χ0n) is 12.6. The number of benzene rings is 1. The van der Waals surface area contributed by atoms with Crippen LogP contribution in [0.5, 0.6) is 6.01 Å². The van der Waals surface area contributed by atoms with Crippen molar-refractivity contribution >= 4 is 21.6 Å². The molecule has 1 aromatic carbocycles. The summed E-state index contributed by atoms with van der Waals surface area (Å²) in [5.74, 6) is -0.656. The van der Waals surface area contributed by atoms with E-state index in [0.717, 1.165) is 12.1 Å². The van der Waals surface area contributed by atoms with Gasteiger partial charge in [0, 0.05) is 18.9 Å². The first-order valence-electron chi connectivity index (χ1n) is 7.36. The van der Waals surface area contributed by atoms with E-state index >= 15 is 0 Å². The van der Waals surface area contributed by atoms with Crippen molar-refractivity contribution in [3.05, 3.63) is 47.5 Å². The highest BCUT2D eigenvalue weighted by atomic mass is 35.5. The smallest absolute Gasteiger partial charge is 0.316 e. The summed E-state index contributed by atoms with van der Waals surface area (Å²) in [7, 11) is -3.77. The Morgan fingerprint density at radius 3 is 2.75 bits per heavy atom. The Balaban J connectivity index is 1.77. The van der Waals surface area contributed by atoms with Crippen LogP contribution < -0.4 is 4.74 Å². The number of hydrogen-bond donors (Lipinski definition) is 0. The van der Waals surface area contributed by atoms with E-state index in [-0.39, 0.29) is 28.6 Å². The van der Waals surface area contributed by atoms with Crippen molar-refractivity contribution in [3.63, 3.8) is 0 Å². The monoisotopic (exact) mass is 371 g/mol. The van der Waals surface area contributed by atoms with Gasteiger partial charge in [-0.3, -0.25) is 0 Å². The molecule has 1 unspecified atom stereocenters. The average molecular weight is 372 g/mol. The summed E-state index contributed by atoms with van der Waals surface area (Å²) in [5, 5.41) is -0.224. The van der Waals surface area contributed by atoms with E-state index in [1.165, 1.54) is 10.4 Å². The lowest BCUT2D eigenvalue weighted by molar-refractivity contribution is 0.119. The standard InChI is InChI=1S/C15H15ClFN3O3S/c16-13-9-12(4-5-14(13)17)24(21,22)20-8-1-3-11(10-20)23-15-18-6-2-7-19-15/h2,4-7,9,11H,1,3,8,10H2. The SMILES string of the molecule is O=S(=O)(c1ccc(F)c(Cl)c1)N1CCCC(Oc2ncccn2)C1. The Bertz CT molecular complexity index is 820. The molecule has 1 saturated heterocycles. The molecule has 6 nitrogen and oxygen atoms in total. The minimum atomic E-state index is -3.77. The molecule has 0 amide bonds. The van der Waals surface area contributed by atoms with Gasteiger partial charge in [-0.05, 0) is 37.1 Å². The molecule has 24 heavy (non-hydrogen) atoms. The van der Waals surface area contributed by atoms with Crippen LogP contribution in [0.1, 0.15) is 12.8 Å². The lowest BCUT2D eigenvalue weighted by Gasteiger charge is -2.31. The van der Waals surface area contributed by atoms with E-state index in [1.807, 2.05) is 0 Å². The molecule has 0 bridgehead atoms. The predicted octanol–water partition coefficient (Wildman–Crippen LogP) is 2.50. The Hall–Kier alpha value is -1.77. The van der Waals surface area contributed by atoms with Gasteiger partial charge in [-0.15, -0.1) is 0 Å². The van der Waals surface area contributed by atoms with Crippen LogP contribution in [-0.2, 0) is 10.0 Å². The number of ether oxygens (including phenoxy) is 1. The van der Waals surface area contributed by atoms with Crippen LogP contribution in [0.3, 0.4) is 0 Å². The second-order valence-electron chi connectivity index (χ2n) is 5.35. The Morgan fingerprint density at radius 1 is 1.29 bits per heavy atom. The molecule has 3 rings (SSSR count). The number of halogens is 2. The first-order valence-corrected chi connectivity index (χ1v) is 9.17. The van der Waals surface area contributed by atoms with E-state index in [9.17, 15) is 12.8 Å². The van der Waals surface area contributed by atoms with Crippen LogP contribution in [0, 0.1) is 5.82 Å². The van der Waals surface area contributed by atoms with E-state index in [4.69, 9.17) is 16.3 Å². The van der Waals surface area contributed by atoms with E-state index in [0.29, 0.717) is 19.4 Å². The van der Waals surface area contributed by atoms with Gasteiger partial charge >= 0.3 is 6.01 Å². The number of aromatic nitrogens is 2. The molecule has 1 atom stereocenters. The highest BCUT2D eigenvalue weighted by Gasteiger charge is 2.31. The van der Waals surface area contributed by atoms with Crippen molar-refractivity contribution in [2.45, 2.75) is 23.8 Å². The quantitative estimate of drug-likeness (QED) is 0.825. The molecule has 1 fully saturated rings. The Labute approximate surface area is 144 Å². The third kappa shape index (κ3) is 3.66. The normalized spacial score (nSPS) is 19.2. The number of piperidine rings is 1. The molecule has 0 saturated carbocycles. The van der Waals surface area contributed by atoms with E-state index in [2.05, 4.69) is 9.97 Å². The maximum atomic E-state index is 13.3. The van der Waals surface area contributed by atoms with Gasteiger partial charge in [0.1, 0.15) is 11.9 Å². The van der Waals surface area contributed by atoms with Gasteiger partial charge in [-0.2, -0.15) is 4.31 Å². The van der Waals surface area contributed by atoms with Crippen LogP contribution in [0.25, 0.3) is 0 Å². The molecule has 0 spiro atoms. The molecular weight excluding hydrogens is 357 g/mol. The Morgan fingerprint density at radius 2 is 2.04 bits per heavy atom. The van der Waals surface area contributed by atoms with E-state index < -0.39 is 15.8 Å². The average Bonchev–Trinajstić information content (AvgIpc) is 2.58. The van der Waals surface area contributed by atoms with Gasteiger partial charge in [-0.1, -0.05) is 11.6 Å². The van der Waals surface area contributed by atoms with Crippen LogP contribution >= 0.6 is 11.6 Å². The third-order valence-electron chi connectivity index (χ3n) is 3.68. The summed E-state index contributed by atoms with van der Waals surface area (Å²) < 4.78 is 45.6. The maximum Gasteiger partial charge on any atom is 0.316 e. The fraction of sp³-hybridized carbons (Fsp3) is 0.333. The zero-order chi connectivity index (χ0) is 17.2. The molecule has 1 aliphatic heterocycles. The largest absolute Gasteiger partial charge is 0.459 e. The van der Waals surface area contributed by atoms with Gasteiger partial charge < -0.3 is 4.74 Å². The molecule has 9 heteroatoms. The molecule has 0 aliphatic carbocycles. The van der Waals surface area contributed by atoms with Gasteiger partial charge in [0.25, 0.3) is 0 Å². The lowest BCUT2D eigenvalue weighted by atomic mass is 10.1. The van der Waals surface area contributed by atoms with Gasteiger partial charge in [0.05, 0.1) is 16.5 Å².